The molecule has 0 spiro atoms. The van der Waals surface area contributed by atoms with E-state index >= 15 is 0 Å². The van der Waals surface area contributed by atoms with Crippen molar-refractivity contribution in [2.75, 3.05) is 7.11 Å². The van der Waals surface area contributed by atoms with Crippen LogP contribution in [0.15, 0.2) is 18.2 Å². The highest BCUT2D eigenvalue weighted by molar-refractivity contribution is 6.67. The molecule has 2 rings (SSSR count). The summed E-state index contributed by atoms with van der Waals surface area (Å²) in [5.74, 6) is -9.13. The summed E-state index contributed by atoms with van der Waals surface area (Å²) in [7, 11) is 1.47. The molecule has 0 aliphatic heterocycles. The van der Waals surface area contributed by atoms with Gasteiger partial charge in [-0.2, -0.15) is 0 Å². The largest absolute Gasteiger partial charge is 0.491 e. The lowest BCUT2D eigenvalue weighted by Crippen LogP contribution is -2.35. The number of hydrogen-bond acceptors (Lipinski definition) is 1. The molecular formula is C13H6BF6O. The number of halogens is 6. The zero-order valence-corrected chi connectivity index (χ0v) is 10.5. The Hall–Kier alpha value is -2.12. The monoisotopic (exact) mass is 303 g/mol. The van der Waals surface area contributed by atoms with E-state index in [0.29, 0.717) is 19.4 Å². The van der Waals surface area contributed by atoms with Crippen molar-refractivity contribution < 1.29 is 31.1 Å². The Bertz CT molecular complexity index is 704. The molecule has 0 atom stereocenters. The first-order valence-corrected chi connectivity index (χ1v) is 5.56. The summed E-state index contributed by atoms with van der Waals surface area (Å²) >= 11 is 0. The van der Waals surface area contributed by atoms with E-state index in [2.05, 4.69) is 4.74 Å². The molecular weight excluding hydrogens is 297 g/mol. The van der Waals surface area contributed by atoms with E-state index in [-0.39, 0.29) is 6.07 Å². The predicted molar refractivity (Wildman–Crippen MR) is 64.2 cm³/mol. The van der Waals surface area contributed by atoms with Crippen LogP contribution in [0.3, 0.4) is 0 Å². The van der Waals surface area contributed by atoms with Crippen LogP contribution < -0.4 is 15.7 Å². The van der Waals surface area contributed by atoms with Gasteiger partial charge in [-0.15, -0.1) is 0 Å². The van der Waals surface area contributed by atoms with E-state index in [1.54, 1.807) is 0 Å². The van der Waals surface area contributed by atoms with Crippen LogP contribution in [-0.2, 0) is 0 Å². The van der Waals surface area contributed by atoms with Crippen molar-refractivity contribution in [3.8, 4) is 5.75 Å². The highest BCUT2D eigenvalue weighted by atomic mass is 19.2. The molecule has 0 fully saturated rings. The molecule has 0 heterocycles. The van der Waals surface area contributed by atoms with Crippen molar-refractivity contribution in [2.45, 2.75) is 0 Å². The van der Waals surface area contributed by atoms with Gasteiger partial charge in [-0.1, -0.05) is 0 Å². The summed E-state index contributed by atoms with van der Waals surface area (Å²) < 4.78 is 84.6. The Morgan fingerprint density at radius 3 is 2.10 bits per heavy atom. The molecule has 0 saturated carbocycles. The quantitative estimate of drug-likeness (QED) is 0.480. The van der Waals surface area contributed by atoms with Gasteiger partial charge in [0.05, 0.1) is 7.11 Å². The highest BCUT2D eigenvalue weighted by Gasteiger charge is 2.22. The number of hydrogen-bond donors (Lipinski definition) is 0. The topological polar surface area (TPSA) is 9.23 Å². The fourth-order valence-electron chi connectivity index (χ4n) is 1.74. The normalized spacial score (nSPS) is 10.6. The molecule has 1 nitrogen and oxygen atoms in total. The van der Waals surface area contributed by atoms with Gasteiger partial charge in [-0.3, -0.25) is 0 Å². The lowest BCUT2D eigenvalue weighted by atomic mass is 9.63. The number of rotatable bonds is 3. The highest BCUT2D eigenvalue weighted by Crippen LogP contribution is 2.20. The third kappa shape index (κ3) is 2.84. The van der Waals surface area contributed by atoms with E-state index in [9.17, 15) is 26.3 Å². The molecule has 0 unspecified atom stereocenters. The van der Waals surface area contributed by atoms with Gasteiger partial charge in [0.15, 0.2) is 29.0 Å². The van der Waals surface area contributed by atoms with Crippen molar-refractivity contribution in [2.24, 2.45) is 0 Å². The fourth-order valence-corrected chi connectivity index (χ4v) is 1.74. The van der Waals surface area contributed by atoms with E-state index in [0.717, 1.165) is 7.11 Å². The predicted octanol–water partition coefficient (Wildman–Crippen LogP) is 2.18. The lowest BCUT2D eigenvalue weighted by molar-refractivity contribution is 0.358. The zero-order chi connectivity index (χ0) is 15.7. The molecule has 0 aromatic heterocycles. The second-order valence-corrected chi connectivity index (χ2v) is 4.04. The molecule has 0 amide bonds. The Morgan fingerprint density at radius 1 is 0.810 bits per heavy atom. The van der Waals surface area contributed by atoms with Crippen LogP contribution >= 0.6 is 0 Å². The molecule has 1 radical (unpaired) electrons. The summed E-state index contributed by atoms with van der Waals surface area (Å²) in [6, 6.07) is 1.15. The molecule has 109 valence electrons. The Morgan fingerprint density at radius 2 is 1.48 bits per heavy atom. The van der Waals surface area contributed by atoms with Crippen molar-refractivity contribution in [3.63, 3.8) is 0 Å². The number of ether oxygens (including phenoxy) is 1. The van der Waals surface area contributed by atoms with Gasteiger partial charge in [0.25, 0.3) is 0 Å². The first kappa shape index (κ1) is 15.3. The number of benzene rings is 2. The molecule has 0 N–H and O–H groups in total. The molecule has 0 aliphatic rings. The van der Waals surface area contributed by atoms with Crippen LogP contribution in [0, 0.1) is 34.9 Å². The van der Waals surface area contributed by atoms with E-state index in [1.807, 2.05) is 0 Å². The minimum atomic E-state index is -1.52. The van der Waals surface area contributed by atoms with Gasteiger partial charge in [0, 0.05) is 12.1 Å². The van der Waals surface area contributed by atoms with Crippen LogP contribution in [0.5, 0.6) is 5.75 Å². The molecule has 8 heteroatoms. The average Bonchev–Trinajstić information content (AvgIpc) is 2.40. The van der Waals surface area contributed by atoms with Gasteiger partial charge in [-0.25, -0.2) is 26.3 Å². The fraction of sp³-hybridized carbons (Fsp3) is 0.0769. The average molecular weight is 303 g/mol. The van der Waals surface area contributed by atoms with Crippen molar-refractivity contribution >= 4 is 18.2 Å². The molecule has 0 bridgehead atoms. The van der Waals surface area contributed by atoms with Gasteiger partial charge in [0.1, 0.15) is 11.6 Å². The Kier molecular flexibility index (Phi) is 4.15. The molecule has 0 aliphatic carbocycles. The zero-order valence-electron chi connectivity index (χ0n) is 10.5. The maximum Gasteiger partial charge on any atom is 0.203 e. The van der Waals surface area contributed by atoms with Crippen LogP contribution in [0.2, 0.25) is 0 Å². The maximum absolute atomic E-state index is 13.9. The summed E-state index contributed by atoms with van der Waals surface area (Å²) in [4.78, 5) is 0. The molecule has 2 aromatic carbocycles. The first-order valence-electron chi connectivity index (χ1n) is 5.56. The van der Waals surface area contributed by atoms with Gasteiger partial charge >= 0.3 is 0 Å². The van der Waals surface area contributed by atoms with Gasteiger partial charge in [-0.05, 0) is 17.0 Å². The van der Waals surface area contributed by atoms with Crippen LogP contribution in [-0.4, -0.2) is 14.4 Å². The second kappa shape index (κ2) is 5.71. The molecule has 0 saturated heterocycles. The molecule has 2 aromatic rings. The third-order valence-electron chi connectivity index (χ3n) is 2.69. The van der Waals surface area contributed by atoms with Gasteiger partial charge in [0.2, 0.25) is 7.28 Å². The van der Waals surface area contributed by atoms with E-state index in [4.69, 9.17) is 0 Å². The van der Waals surface area contributed by atoms with Crippen molar-refractivity contribution in [1.29, 1.82) is 0 Å². The van der Waals surface area contributed by atoms with E-state index < -0.39 is 51.6 Å². The summed E-state index contributed by atoms with van der Waals surface area (Å²) in [6.07, 6.45) is 0. The standard InChI is InChI=1S/C13H6BF6O/c1-21-13-9(18)4-7(16)10(12(13)20)14-6-2-5(15)3-8(17)11(6)19/h2-4H,1H3. The Labute approximate surface area is 116 Å². The smallest absolute Gasteiger partial charge is 0.203 e. The minimum absolute atomic E-state index is 0.282. The Balaban J connectivity index is 2.55. The first-order chi connectivity index (χ1) is 9.85. The minimum Gasteiger partial charge on any atom is -0.491 e. The lowest BCUT2D eigenvalue weighted by Gasteiger charge is -2.10. The van der Waals surface area contributed by atoms with Gasteiger partial charge < -0.3 is 4.74 Å². The van der Waals surface area contributed by atoms with Crippen LogP contribution in [0.25, 0.3) is 0 Å². The van der Waals surface area contributed by atoms with Crippen LogP contribution in [0.1, 0.15) is 0 Å². The number of methoxy groups -OCH3 is 1. The summed E-state index contributed by atoms with van der Waals surface area (Å²) in [5, 5.41) is 0. The maximum atomic E-state index is 13.9. The van der Waals surface area contributed by atoms with Crippen LogP contribution in [0.4, 0.5) is 26.3 Å². The van der Waals surface area contributed by atoms with Crippen molar-refractivity contribution in [1.82, 2.24) is 0 Å². The summed E-state index contributed by atoms with van der Waals surface area (Å²) in [6.45, 7) is 0. The SMILES string of the molecule is COc1c(F)cc(F)c([B]c2cc(F)cc(F)c2F)c1F. The second-order valence-electron chi connectivity index (χ2n) is 4.04. The van der Waals surface area contributed by atoms with E-state index in [1.165, 1.54) is 0 Å². The third-order valence-corrected chi connectivity index (χ3v) is 2.69. The van der Waals surface area contributed by atoms with Crippen molar-refractivity contribution in [3.05, 3.63) is 53.1 Å². The molecule has 21 heavy (non-hydrogen) atoms. The summed E-state index contributed by atoms with van der Waals surface area (Å²) in [5.41, 5.74) is -1.60.